The van der Waals surface area contributed by atoms with Crippen molar-refractivity contribution in [2.75, 3.05) is 5.32 Å². The van der Waals surface area contributed by atoms with Gasteiger partial charge in [-0.15, -0.1) is 0 Å². The van der Waals surface area contributed by atoms with Crippen LogP contribution < -0.4 is 5.32 Å². The summed E-state index contributed by atoms with van der Waals surface area (Å²) < 4.78 is 42.3. The summed E-state index contributed by atoms with van der Waals surface area (Å²) in [6.45, 7) is 3.56. The summed E-state index contributed by atoms with van der Waals surface area (Å²) in [7, 11) is 0. The number of carbonyl (C=O) groups is 1. The first-order valence-corrected chi connectivity index (χ1v) is 10.0. The largest absolute Gasteiger partial charge is 0.433 e. The highest BCUT2D eigenvalue weighted by Gasteiger charge is 2.36. The zero-order valence-electron chi connectivity index (χ0n) is 16.7. The maximum atomic E-state index is 13.4. The number of hydrogen-bond donors (Lipinski definition) is 1. The molecule has 0 saturated carbocycles. The SMILES string of the molecule is Cc1cc(C(F)(F)F)n2nc(C(=O)Nc3cc(C)n(Cc4ccccc4Cl)n3)c(Cl)c2n1. The summed E-state index contributed by atoms with van der Waals surface area (Å²) >= 11 is 12.3. The highest BCUT2D eigenvalue weighted by Crippen LogP contribution is 2.32. The lowest BCUT2D eigenvalue weighted by Crippen LogP contribution is -2.16. The van der Waals surface area contributed by atoms with E-state index in [0.29, 0.717) is 16.1 Å². The minimum absolute atomic E-state index is 0.0903. The Morgan fingerprint density at radius 3 is 2.53 bits per heavy atom. The molecule has 0 aliphatic heterocycles. The number of rotatable bonds is 4. The molecule has 0 aliphatic rings. The summed E-state index contributed by atoms with van der Waals surface area (Å²) in [5, 5.41) is 10.9. The monoisotopic (exact) mass is 482 g/mol. The molecule has 0 bridgehead atoms. The second-order valence-electron chi connectivity index (χ2n) is 7.05. The molecule has 1 amide bonds. The molecule has 166 valence electrons. The molecule has 0 spiro atoms. The van der Waals surface area contributed by atoms with E-state index in [4.69, 9.17) is 23.2 Å². The van der Waals surface area contributed by atoms with Crippen LogP contribution in [0.3, 0.4) is 0 Å². The molecule has 7 nitrogen and oxygen atoms in total. The Hall–Kier alpha value is -3.11. The van der Waals surface area contributed by atoms with Gasteiger partial charge in [0, 0.05) is 22.5 Å². The number of anilines is 1. The van der Waals surface area contributed by atoms with E-state index in [1.165, 1.54) is 6.92 Å². The van der Waals surface area contributed by atoms with E-state index in [2.05, 4.69) is 20.5 Å². The third-order valence-electron chi connectivity index (χ3n) is 4.67. The normalized spacial score (nSPS) is 11.8. The van der Waals surface area contributed by atoms with Crippen molar-refractivity contribution in [3.05, 3.63) is 74.8 Å². The average Bonchev–Trinajstić information content (AvgIpc) is 3.22. The molecule has 32 heavy (non-hydrogen) atoms. The third kappa shape index (κ3) is 4.15. The van der Waals surface area contributed by atoms with Crippen LogP contribution in [0, 0.1) is 13.8 Å². The van der Waals surface area contributed by atoms with Crippen LogP contribution >= 0.6 is 23.2 Å². The van der Waals surface area contributed by atoms with Crippen molar-refractivity contribution >= 4 is 40.6 Å². The number of halogens is 5. The molecule has 1 N–H and O–H groups in total. The van der Waals surface area contributed by atoms with Gasteiger partial charge in [0.25, 0.3) is 5.91 Å². The highest BCUT2D eigenvalue weighted by atomic mass is 35.5. The Morgan fingerprint density at radius 2 is 1.84 bits per heavy atom. The van der Waals surface area contributed by atoms with E-state index in [9.17, 15) is 18.0 Å². The fourth-order valence-electron chi connectivity index (χ4n) is 3.15. The minimum Gasteiger partial charge on any atom is -0.304 e. The van der Waals surface area contributed by atoms with E-state index in [1.54, 1.807) is 23.7 Å². The Kier molecular flexibility index (Phi) is 5.59. The van der Waals surface area contributed by atoms with Gasteiger partial charge >= 0.3 is 6.18 Å². The van der Waals surface area contributed by atoms with Crippen LogP contribution in [0.1, 0.15) is 33.1 Å². The van der Waals surface area contributed by atoms with E-state index in [0.717, 1.165) is 17.3 Å². The molecular weight excluding hydrogens is 468 g/mol. The molecule has 4 aromatic rings. The van der Waals surface area contributed by atoms with Gasteiger partial charge in [0.2, 0.25) is 0 Å². The fraction of sp³-hybridized carbons (Fsp3) is 0.200. The molecule has 0 atom stereocenters. The van der Waals surface area contributed by atoms with E-state index < -0.39 is 23.5 Å². The second kappa shape index (κ2) is 8.10. The van der Waals surface area contributed by atoms with Gasteiger partial charge in [-0.2, -0.15) is 23.4 Å². The lowest BCUT2D eigenvalue weighted by Gasteiger charge is -2.09. The van der Waals surface area contributed by atoms with Gasteiger partial charge in [0.15, 0.2) is 17.2 Å². The average molecular weight is 483 g/mol. The van der Waals surface area contributed by atoms with Crippen LogP contribution in [0.2, 0.25) is 10.0 Å². The molecule has 4 rings (SSSR count). The smallest absolute Gasteiger partial charge is 0.304 e. The van der Waals surface area contributed by atoms with E-state index >= 15 is 0 Å². The summed E-state index contributed by atoms with van der Waals surface area (Å²) in [6.07, 6.45) is -4.70. The number of nitrogens with one attached hydrogen (secondary N) is 1. The molecule has 0 saturated heterocycles. The molecule has 3 aromatic heterocycles. The molecule has 3 heterocycles. The quantitative estimate of drug-likeness (QED) is 0.435. The topological polar surface area (TPSA) is 77.1 Å². The van der Waals surface area contributed by atoms with Crippen LogP contribution in [-0.4, -0.2) is 30.3 Å². The Morgan fingerprint density at radius 1 is 1.12 bits per heavy atom. The molecule has 1 aromatic carbocycles. The number of fused-ring (bicyclic) bond motifs is 1. The zero-order chi connectivity index (χ0) is 23.2. The number of nitrogens with zero attached hydrogens (tertiary/aromatic N) is 5. The molecular formula is C20H15Cl2F3N6O. The number of aromatic nitrogens is 5. The predicted molar refractivity (Wildman–Crippen MR) is 113 cm³/mol. The van der Waals surface area contributed by atoms with E-state index in [1.807, 2.05) is 18.2 Å². The number of amides is 1. The minimum atomic E-state index is -4.70. The van der Waals surface area contributed by atoms with Crippen molar-refractivity contribution in [2.45, 2.75) is 26.6 Å². The molecule has 0 fully saturated rings. The van der Waals surface area contributed by atoms with Crippen molar-refractivity contribution in [1.29, 1.82) is 0 Å². The first-order valence-electron chi connectivity index (χ1n) is 9.27. The Bertz CT molecular complexity index is 1350. The molecule has 0 unspecified atom stereocenters. The van der Waals surface area contributed by atoms with Gasteiger partial charge < -0.3 is 5.32 Å². The highest BCUT2D eigenvalue weighted by molar-refractivity contribution is 6.37. The lowest BCUT2D eigenvalue weighted by molar-refractivity contribution is -0.142. The van der Waals surface area contributed by atoms with Crippen LogP contribution in [-0.2, 0) is 12.7 Å². The van der Waals surface area contributed by atoms with E-state index in [-0.39, 0.29) is 22.2 Å². The van der Waals surface area contributed by atoms with Crippen LogP contribution in [0.4, 0.5) is 19.0 Å². The summed E-state index contributed by atoms with van der Waals surface area (Å²) in [5.41, 5.74) is -0.0767. The fourth-order valence-corrected chi connectivity index (χ4v) is 3.60. The molecule has 0 aliphatic carbocycles. The van der Waals surface area contributed by atoms with Gasteiger partial charge in [-0.05, 0) is 31.5 Å². The summed E-state index contributed by atoms with van der Waals surface area (Å²) in [4.78, 5) is 16.7. The van der Waals surface area contributed by atoms with Crippen molar-refractivity contribution < 1.29 is 18.0 Å². The van der Waals surface area contributed by atoms with Crippen LogP contribution in [0.5, 0.6) is 0 Å². The number of benzene rings is 1. The maximum Gasteiger partial charge on any atom is 0.433 e. The first-order chi connectivity index (χ1) is 15.0. The van der Waals surface area contributed by atoms with Crippen molar-refractivity contribution in [3.63, 3.8) is 0 Å². The summed E-state index contributed by atoms with van der Waals surface area (Å²) in [5.74, 6) is -0.624. The maximum absolute atomic E-state index is 13.4. The van der Waals surface area contributed by atoms with Crippen molar-refractivity contribution in [3.8, 4) is 0 Å². The zero-order valence-corrected chi connectivity index (χ0v) is 18.2. The van der Waals surface area contributed by atoms with Gasteiger partial charge in [-0.1, -0.05) is 41.4 Å². The standard InChI is InChI=1S/C20H15Cl2F3N6O/c1-10-7-14(20(23,24)25)31-18(26-10)16(22)17(29-31)19(32)27-15-8-11(2)30(28-15)9-12-5-3-4-6-13(12)21/h3-8H,9H2,1-2H3,(H,27,28,32). The Labute approximate surface area is 189 Å². The summed E-state index contributed by atoms with van der Waals surface area (Å²) in [6, 6.07) is 9.71. The number of alkyl halides is 3. The first kappa shape index (κ1) is 22.1. The number of carbonyl (C=O) groups excluding carboxylic acids is 1. The van der Waals surface area contributed by atoms with Gasteiger partial charge in [-0.25, -0.2) is 9.50 Å². The van der Waals surface area contributed by atoms with Gasteiger partial charge in [0.05, 0.1) is 6.54 Å². The molecule has 0 radical (unpaired) electrons. The number of hydrogen-bond acceptors (Lipinski definition) is 4. The molecule has 12 heteroatoms. The Balaban J connectivity index is 1.64. The van der Waals surface area contributed by atoms with Gasteiger partial charge in [0.1, 0.15) is 10.7 Å². The third-order valence-corrected chi connectivity index (χ3v) is 5.38. The van der Waals surface area contributed by atoms with Gasteiger partial charge in [-0.3, -0.25) is 9.48 Å². The second-order valence-corrected chi connectivity index (χ2v) is 7.84. The van der Waals surface area contributed by atoms with Crippen LogP contribution in [0.25, 0.3) is 5.65 Å². The van der Waals surface area contributed by atoms with Crippen molar-refractivity contribution in [1.82, 2.24) is 24.4 Å². The van der Waals surface area contributed by atoms with Crippen molar-refractivity contribution in [2.24, 2.45) is 0 Å². The lowest BCUT2D eigenvalue weighted by atomic mass is 10.2. The van der Waals surface area contributed by atoms with Crippen LogP contribution in [0.15, 0.2) is 36.4 Å². The number of aryl methyl sites for hydroxylation is 2. The predicted octanol–water partition coefficient (Wildman–Crippen LogP) is 5.17.